The summed E-state index contributed by atoms with van der Waals surface area (Å²) in [4.78, 5) is 12.8. The average molecular weight is 224 g/mol. The maximum Gasteiger partial charge on any atom is 0.471 e. The molecular formula is C9H15F3N2O. The first kappa shape index (κ1) is 12.3. The Morgan fingerprint density at radius 2 is 1.93 bits per heavy atom. The Labute approximate surface area is 86.6 Å². The van der Waals surface area contributed by atoms with E-state index in [0.717, 1.165) is 19.6 Å². The predicted molar refractivity (Wildman–Crippen MR) is 49.3 cm³/mol. The number of nitrogens with one attached hydrogen (secondary N) is 1. The van der Waals surface area contributed by atoms with Crippen molar-refractivity contribution >= 4 is 5.91 Å². The summed E-state index contributed by atoms with van der Waals surface area (Å²) in [7, 11) is 0. The molecular weight excluding hydrogens is 209 g/mol. The first-order chi connectivity index (χ1) is 6.93. The van der Waals surface area contributed by atoms with Crippen molar-refractivity contribution in [2.45, 2.75) is 32.0 Å². The van der Waals surface area contributed by atoms with Gasteiger partial charge in [0, 0.05) is 19.1 Å². The summed E-state index contributed by atoms with van der Waals surface area (Å²) in [5.41, 5.74) is 0. The number of alkyl halides is 3. The summed E-state index contributed by atoms with van der Waals surface area (Å²) < 4.78 is 35.8. The Balaban J connectivity index is 2.33. The third-order valence-corrected chi connectivity index (χ3v) is 2.63. The van der Waals surface area contributed by atoms with Crippen molar-refractivity contribution in [2.75, 3.05) is 19.6 Å². The Morgan fingerprint density at radius 1 is 1.40 bits per heavy atom. The van der Waals surface area contributed by atoms with Crippen LogP contribution in [0.25, 0.3) is 0 Å². The summed E-state index contributed by atoms with van der Waals surface area (Å²) in [5.74, 6) is -1.82. The van der Waals surface area contributed by atoms with Crippen LogP contribution in [0.3, 0.4) is 0 Å². The average Bonchev–Trinajstić information content (AvgIpc) is 2.17. The second-order valence-corrected chi connectivity index (χ2v) is 3.68. The SMILES string of the molecule is CCN1CCC(NC(=O)C(F)(F)F)CC1. The van der Waals surface area contributed by atoms with Crippen molar-refractivity contribution in [3.8, 4) is 0 Å². The molecule has 1 rings (SSSR count). The van der Waals surface area contributed by atoms with Gasteiger partial charge < -0.3 is 10.2 Å². The molecule has 0 atom stereocenters. The molecule has 1 aliphatic heterocycles. The van der Waals surface area contributed by atoms with Gasteiger partial charge in [-0.1, -0.05) is 6.92 Å². The van der Waals surface area contributed by atoms with E-state index in [4.69, 9.17) is 0 Å². The summed E-state index contributed by atoms with van der Waals surface area (Å²) in [6.45, 7) is 4.41. The molecule has 0 spiro atoms. The molecule has 15 heavy (non-hydrogen) atoms. The second kappa shape index (κ2) is 4.83. The lowest BCUT2D eigenvalue weighted by Gasteiger charge is -2.31. The molecule has 0 unspecified atom stereocenters. The third kappa shape index (κ3) is 3.70. The molecule has 1 N–H and O–H groups in total. The number of piperidine rings is 1. The molecule has 0 aromatic heterocycles. The maximum absolute atomic E-state index is 11.9. The molecule has 1 amide bonds. The van der Waals surface area contributed by atoms with Crippen LogP contribution in [-0.2, 0) is 4.79 Å². The highest BCUT2D eigenvalue weighted by atomic mass is 19.4. The zero-order valence-electron chi connectivity index (χ0n) is 8.60. The molecule has 1 fully saturated rings. The summed E-state index contributed by atoms with van der Waals surface area (Å²) in [6.07, 6.45) is -3.58. The minimum absolute atomic E-state index is 0.332. The highest BCUT2D eigenvalue weighted by molar-refractivity contribution is 5.81. The lowest BCUT2D eigenvalue weighted by Crippen LogP contribution is -2.48. The fourth-order valence-corrected chi connectivity index (χ4v) is 1.66. The van der Waals surface area contributed by atoms with Gasteiger partial charge in [-0.15, -0.1) is 0 Å². The number of carbonyl (C=O) groups is 1. The first-order valence-corrected chi connectivity index (χ1v) is 5.03. The van der Waals surface area contributed by atoms with Gasteiger partial charge >= 0.3 is 12.1 Å². The van der Waals surface area contributed by atoms with Crippen LogP contribution in [0.2, 0.25) is 0 Å². The molecule has 1 saturated heterocycles. The minimum Gasteiger partial charge on any atom is -0.345 e. The molecule has 6 heteroatoms. The van der Waals surface area contributed by atoms with Crippen LogP contribution in [0.5, 0.6) is 0 Å². The molecule has 0 aliphatic carbocycles. The van der Waals surface area contributed by atoms with Gasteiger partial charge in [-0.05, 0) is 19.4 Å². The minimum atomic E-state index is -4.76. The number of rotatable bonds is 2. The van der Waals surface area contributed by atoms with Gasteiger partial charge in [0.1, 0.15) is 0 Å². The van der Waals surface area contributed by atoms with Gasteiger partial charge in [0.25, 0.3) is 0 Å². The van der Waals surface area contributed by atoms with E-state index in [2.05, 4.69) is 4.90 Å². The quantitative estimate of drug-likeness (QED) is 0.763. The van der Waals surface area contributed by atoms with E-state index in [0.29, 0.717) is 12.8 Å². The Morgan fingerprint density at radius 3 is 2.33 bits per heavy atom. The molecule has 1 heterocycles. The van der Waals surface area contributed by atoms with Gasteiger partial charge in [-0.25, -0.2) is 0 Å². The van der Waals surface area contributed by atoms with Crippen LogP contribution in [0.1, 0.15) is 19.8 Å². The van der Waals surface area contributed by atoms with Crippen LogP contribution in [0.4, 0.5) is 13.2 Å². The fraction of sp³-hybridized carbons (Fsp3) is 0.889. The monoisotopic (exact) mass is 224 g/mol. The van der Waals surface area contributed by atoms with Gasteiger partial charge in [-0.3, -0.25) is 4.79 Å². The van der Waals surface area contributed by atoms with Crippen molar-refractivity contribution in [3.05, 3.63) is 0 Å². The van der Waals surface area contributed by atoms with Crippen molar-refractivity contribution in [2.24, 2.45) is 0 Å². The van der Waals surface area contributed by atoms with Crippen LogP contribution in [-0.4, -0.2) is 42.7 Å². The van der Waals surface area contributed by atoms with Crippen LogP contribution in [0.15, 0.2) is 0 Å². The molecule has 0 aromatic carbocycles. The van der Waals surface area contributed by atoms with Crippen molar-refractivity contribution in [3.63, 3.8) is 0 Å². The Kier molecular flexibility index (Phi) is 3.96. The molecule has 3 nitrogen and oxygen atoms in total. The number of amides is 1. The van der Waals surface area contributed by atoms with Crippen LogP contribution < -0.4 is 5.32 Å². The summed E-state index contributed by atoms with van der Waals surface area (Å²) in [5, 5.41) is 2.01. The zero-order valence-corrected chi connectivity index (χ0v) is 8.60. The fourth-order valence-electron chi connectivity index (χ4n) is 1.66. The summed E-state index contributed by atoms with van der Waals surface area (Å²) >= 11 is 0. The highest BCUT2D eigenvalue weighted by Gasteiger charge is 2.39. The van der Waals surface area contributed by atoms with E-state index in [9.17, 15) is 18.0 Å². The van der Waals surface area contributed by atoms with Crippen molar-refractivity contribution in [1.29, 1.82) is 0 Å². The number of carbonyl (C=O) groups excluding carboxylic acids is 1. The van der Waals surface area contributed by atoms with E-state index in [1.165, 1.54) is 0 Å². The van der Waals surface area contributed by atoms with Gasteiger partial charge in [0.15, 0.2) is 0 Å². The smallest absolute Gasteiger partial charge is 0.345 e. The maximum atomic E-state index is 11.9. The van der Waals surface area contributed by atoms with E-state index in [1.54, 1.807) is 0 Å². The zero-order chi connectivity index (χ0) is 11.5. The van der Waals surface area contributed by atoms with Crippen LogP contribution in [0, 0.1) is 0 Å². The largest absolute Gasteiger partial charge is 0.471 e. The van der Waals surface area contributed by atoms with Crippen molar-refractivity contribution in [1.82, 2.24) is 10.2 Å². The van der Waals surface area contributed by atoms with Crippen molar-refractivity contribution < 1.29 is 18.0 Å². The predicted octanol–water partition coefficient (Wildman–Crippen LogP) is 1.15. The number of nitrogens with zero attached hydrogens (tertiary/aromatic N) is 1. The van der Waals surface area contributed by atoms with Gasteiger partial charge in [0.05, 0.1) is 0 Å². The molecule has 88 valence electrons. The normalized spacial score (nSPS) is 20.3. The Bertz CT molecular complexity index is 222. The molecule has 0 radical (unpaired) electrons. The molecule has 0 bridgehead atoms. The van der Waals surface area contributed by atoms with E-state index in [1.807, 2.05) is 12.2 Å². The standard InChI is InChI=1S/C9H15F3N2O/c1-2-14-5-3-7(4-6-14)13-8(15)9(10,11)12/h7H,2-6H2,1H3,(H,13,15). The highest BCUT2D eigenvalue weighted by Crippen LogP contribution is 2.16. The number of hydrogen-bond donors (Lipinski definition) is 1. The number of likely N-dealkylation sites (tertiary alicyclic amines) is 1. The molecule has 0 saturated carbocycles. The van der Waals surface area contributed by atoms with Crippen LogP contribution >= 0.6 is 0 Å². The van der Waals surface area contributed by atoms with E-state index < -0.39 is 12.1 Å². The Hall–Kier alpha value is -0.780. The number of halogens is 3. The van der Waals surface area contributed by atoms with E-state index in [-0.39, 0.29) is 6.04 Å². The molecule has 1 aliphatic rings. The lowest BCUT2D eigenvalue weighted by molar-refractivity contribution is -0.174. The first-order valence-electron chi connectivity index (χ1n) is 5.03. The lowest BCUT2D eigenvalue weighted by atomic mass is 10.1. The topological polar surface area (TPSA) is 32.3 Å². The summed E-state index contributed by atoms with van der Waals surface area (Å²) in [6, 6.07) is -0.332. The van der Waals surface area contributed by atoms with E-state index >= 15 is 0 Å². The second-order valence-electron chi connectivity index (χ2n) is 3.68. The molecule has 0 aromatic rings. The van der Waals surface area contributed by atoms with Gasteiger partial charge in [-0.2, -0.15) is 13.2 Å². The van der Waals surface area contributed by atoms with Gasteiger partial charge in [0.2, 0.25) is 0 Å². The third-order valence-electron chi connectivity index (χ3n) is 2.63. The number of hydrogen-bond acceptors (Lipinski definition) is 2.